The predicted octanol–water partition coefficient (Wildman–Crippen LogP) is 3.52. The highest BCUT2D eigenvalue weighted by atomic mass is 19.1. The molecule has 1 aromatic rings. The molecule has 1 aliphatic rings. The van der Waals surface area contributed by atoms with Crippen LogP contribution in [-0.2, 0) is 0 Å². The Morgan fingerprint density at radius 3 is 2.73 bits per heavy atom. The lowest BCUT2D eigenvalue weighted by Crippen LogP contribution is -2.58. The van der Waals surface area contributed by atoms with Crippen molar-refractivity contribution in [1.82, 2.24) is 5.32 Å². The van der Waals surface area contributed by atoms with Crippen LogP contribution in [0.4, 0.5) is 14.9 Å². The van der Waals surface area contributed by atoms with Crippen molar-refractivity contribution in [2.24, 2.45) is 11.3 Å². The van der Waals surface area contributed by atoms with Gasteiger partial charge in [0.2, 0.25) is 0 Å². The molecule has 1 aliphatic carbocycles. The van der Waals surface area contributed by atoms with Gasteiger partial charge in [-0.05, 0) is 48.8 Å². The summed E-state index contributed by atoms with van der Waals surface area (Å²) in [4.78, 5) is 12.2. The summed E-state index contributed by atoms with van der Waals surface area (Å²) in [6, 6.07) is 5.34. The summed E-state index contributed by atoms with van der Waals surface area (Å²) in [5.74, 6) is 0.0208. The maximum atomic E-state index is 13.2. The lowest BCUT2D eigenvalue weighted by Gasteiger charge is -2.47. The van der Waals surface area contributed by atoms with E-state index in [1.54, 1.807) is 12.1 Å². The summed E-state index contributed by atoms with van der Waals surface area (Å²) in [5.41, 5.74) is -0.167. The molecule has 2 unspecified atom stereocenters. The van der Waals surface area contributed by atoms with Crippen molar-refractivity contribution in [3.63, 3.8) is 0 Å². The number of halogens is 1. The van der Waals surface area contributed by atoms with Gasteiger partial charge in [0.15, 0.2) is 0 Å². The van der Waals surface area contributed by atoms with Crippen molar-refractivity contribution in [2.75, 3.05) is 11.9 Å². The van der Waals surface area contributed by atoms with Crippen LogP contribution in [0.1, 0.15) is 40.0 Å². The number of carbonyl (C=O) groups is 1. The highest BCUT2D eigenvalue weighted by Gasteiger charge is 2.43. The zero-order valence-electron chi connectivity index (χ0n) is 13.4. The number of rotatable bonds is 3. The normalized spacial score (nSPS) is 27.2. The Morgan fingerprint density at radius 1 is 1.41 bits per heavy atom. The minimum atomic E-state index is -0.626. The minimum absolute atomic E-state index is 0.0620. The fourth-order valence-corrected chi connectivity index (χ4v) is 3.97. The number of nitrogens with one attached hydrogen (secondary N) is 2. The second kappa shape index (κ2) is 6.24. The summed E-state index contributed by atoms with van der Waals surface area (Å²) in [7, 11) is 0. The number of hydrogen-bond acceptors (Lipinski definition) is 2. The molecule has 0 aliphatic heterocycles. The van der Waals surface area contributed by atoms with E-state index in [1.165, 1.54) is 12.1 Å². The van der Waals surface area contributed by atoms with Crippen molar-refractivity contribution in [2.45, 2.75) is 45.6 Å². The SMILES string of the molecule is CC1CC(C)(C)CC(CO)(NC(=O)Nc2cccc(F)c2)C1. The quantitative estimate of drug-likeness (QED) is 0.800. The summed E-state index contributed by atoms with van der Waals surface area (Å²) < 4.78 is 13.2. The molecule has 0 saturated heterocycles. The first-order chi connectivity index (χ1) is 10.2. The lowest BCUT2D eigenvalue weighted by atomic mass is 9.64. The van der Waals surface area contributed by atoms with Crippen molar-refractivity contribution < 1.29 is 14.3 Å². The number of aliphatic hydroxyl groups is 1. The molecule has 0 bridgehead atoms. The molecule has 2 atom stereocenters. The van der Waals surface area contributed by atoms with E-state index in [9.17, 15) is 14.3 Å². The third-order valence-electron chi connectivity index (χ3n) is 4.22. The molecular formula is C17H25FN2O2. The fourth-order valence-electron chi connectivity index (χ4n) is 3.97. The molecule has 4 nitrogen and oxygen atoms in total. The predicted molar refractivity (Wildman–Crippen MR) is 85.2 cm³/mol. The molecule has 5 heteroatoms. The van der Waals surface area contributed by atoms with Gasteiger partial charge in [0.05, 0.1) is 12.1 Å². The van der Waals surface area contributed by atoms with Gasteiger partial charge in [-0.25, -0.2) is 9.18 Å². The molecule has 0 heterocycles. The largest absolute Gasteiger partial charge is 0.394 e. The Bertz CT molecular complexity index is 547. The topological polar surface area (TPSA) is 61.4 Å². The number of benzene rings is 1. The average molecular weight is 308 g/mol. The van der Waals surface area contributed by atoms with Gasteiger partial charge >= 0.3 is 6.03 Å². The third-order valence-corrected chi connectivity index (χ3v) is 4.22. The maximum absolute atomic E-state index is 13.2. The standard InChI is InChI=1S/C17H25FN2O2/c1-12-8-16(2,3)10-17(9-12,11-21)20-15(22)19-14-6-4-5-13(18)7-14/h4-7,12,21H,8-11H2,1-3H3,(H2,19,20,22). The Morgan fingerprint density at radius 2 is 2.14 bits per heavy atom. The zero-order valence-corrected chi connectivity index (χ0v) is 13.4. The van der Waals surface area contributed by atoms with Gasteiger partial charge in [0.25, 0.3) is 0 Å². The summed E-state index contributed by atoms with van der Waals surface area (Å²) >= 11 is 0. The highest BCUT2D eigenvalue weighted by Crippen LogP contribution is 2.43. The van der Waals surface area contributed by atoms with Crippen LogP contribution in [0.5, 0.6) is 0 Å². The number of aliphatic hydroxyl groups excluding tert-OH is 1. The van der Waals surface area contributed by atoms with E-state index >= 15 is 0 Å². The molecule has 2 amide bonds. The maximum Gasteiger partial charge on any atom is 0.319 e. The molecule has 1 fully saturated rings. The second-order valence-electron chi connectivity index (χ2n) is 7.38. The number of carbonyl (C=O) groups excluding carboxylic acids is 1. The average Bonchev–Trinajstić information content (AvgIpc) is 2.35. The van der Waals surface area contributed by atoms with Crippen LogP contribution in [0.25, 0.3) is 0 Å². The molecule has 0 radical (unpaired) electrons. The summed E-state index contributed by atoms with van der Waals surface area (Å²) in [6.07, 6.45) is 2.53. The Kier molecular flexibility index (Phi) is 4.75. The third kappa shape index (κ3) is 4.19. The Balaban J connectivity index is 2.07. The molecule has 3 N–H and O–H groups in total. The first kappa shape index (κ1) is 16.7. The van der Waals surface area contributed by atoms with Gasteiger partial charge in [-0.2, -0.15) is 0 Å². The van der Waals surface area contributed by atoms with Gasteiger partial charge in [-0.1, -0.05) is 26.8 Å². The number of amides is 2. The van der Waals surface area contributed by atoms with E-state index in [1.807, 2.05) is 0 Å². The van der Waals surface area contributed by atoms with E-state index in [2.05, 4.69) is 31.4 Å². The molecule has 1 saturated carbocycles. The first-order valence-corrected chi connectivity index (χ1v) is 7.69. The molecule has 22 heavy (non-hydrogen) atoms. The first-order valence-electron chi connectivity index (χ1n) is 7.69. The van der Waals surface area contributed by atoms with Crippen molar-refractivity contribution in [3.8, 4) is 0 Å². The van der Waals surface area contributed by atoms with Gasteiger partial charge in [-0.15, -0.1) is 0 Å². The van der Waals surface area contributed by atoms with Gasteiger partial charge in [0, 0.05) is 5.69 Å². The van der Waals surface area contributed by atoms with E-state index in [0.29, 0.717) is 11.6 Å². The molecule has 1 aromatic carbocycles. The molecular weight excluding hydrogens is 283 g/mol. The van der Waals surface area contributed by atoms with Crippen LogP contribution < -0.4 is 10.6 Å². The second-order valence-corrected chi connectivity index (χ2v) is 7.38. The van der Waals surface area contributed by atoms with E-state index in [-0.39, 0.29) is 12.0 Å². The lowest BCUT2D eigenvalue weighted by molar-refractivity contribution is 0.0446. The van der Waals surface area contributed by atoms with Crippen LogP contribution >= 0.6 is 0 Å². The Hall–Kier alpha value is -1.62. The van der Waals surface area contributed by atoms with Crippen molar-refractivity contribution in [1.29, 1.82) is 0 Å². The molecule has 122 valence electrons. The van der Waals surface area contributed by atoms with Crippen LogP contribution in [0, 0.1) is 17.2 Å². The van der Waals surface area contributed by atoms with Crippen LogP contribution in [0.3, 0.4) is 0 Å². The monoisotopic (exact) mass is 308 g/mol. The van der Waals surface area contributed by atoms with E-state index in [0.717, 1.165) is 19.3 Å². The fraction of sp³-hybridized carbons (Fsp3) is 0.588. The van der Waals surface area contributed by atoms with Crippen LogP contribution in [0.2, 0.25) is 0 Å². The molecule has 0 aromatic heterocycles. The summed E-state index contributed by atoms with van der Waals surface area (Å²) in [6.45, 7) is 6.34. The van der Waals surface area contributed by atoms with E-state index in [4.69, 9.17) is 0 Å². The minimum Gasteiger partial charge on any atom is -0.394 e. The van der Waals surface area contributed by atoms with E-state index < -0.39 is 17.4 Å². The van der Waals surface area contributed by atoms with Crippen molar-refractivity contribution >= 4 is 11.7 Å². The number of anilines is 1. The van der Waals surface area contributed by atoms with Crippen LogP contribution in [-0.4, -0.2) is 23.3 Å². The number of hydrogen-bond donors (Lipinski definition) is 3. The number of urea groups is 1. The van der Waals surface area contributed by atoms with Gasteiger partial charge in [-0.3, -0.25) is 0 Å². The zero-order chi connectivity index (χ0) is 16.4. The highest BCUT2D eigenvalue weighted by molar-refractivity contribution is 5.89. The van der Waals surface area contributed by atoms with Gasteiger partial charge in [0.1, 0.15) is 5.82 Å². The molecule has 2 rings (SSSR count). The Labute approximate surface area is 131 Å². The molecule has 0 spiro atoms. The summed E-state index contributed by atoms with van der Waals surface area (Å²) in [5, 5.41) is 15.4. The van der Waals surface area contributed by atoms with Crippen molar-refractivity contribution in [3.05, 3.63) is 30.1 Å². The smallest absolute Gasteiger partial charge is 0.319 e. The van der Waals surface area contributed by atoms with Crippen LogP contribution in [0.15, 0.2) is 24.3 Å². The van der Waals surface area contributed by atoms with Gasteiger partial charge < -0.3 is 15.7 Å².